The van der Waals surface area contributed by atoms with E-state index in [0.717, 1.165) is 11.8 Å². The van der Waals surface area contributed by atoms with E-state index in [0.29, 0.717) is 17.7 Å². The first-order valence-corrected chi connectivity index (χ1v) is 6.01. The van der Waals surface area contributed by atoms with Gasteiger partial charge in [0, 0.05) is 12.0 Å². The summed E-state index contributed by atoms with van der Waals surface area (Å²) in [5.74, 6) is 0.536. The number of carbonyl (C=O) groups is 2. The topological polar surface area (TPSA) is 43.4 Å². The van der Waals surface area contributed by atoms with Crippen LogP contribution in [0.2, 0.25) is 0 Å². The standard InChI is InChI=1S/C16H14O3/c17-11-14-7-4-8-16(10-14)19-12-15(18)9-13-5-2-1-3-6-13/h1-8,10-11H,9,12H2. The summed E-state index contributed by atoms with van der Waals surface area (Å²) in [5, 5.41) is 0. The summed E-state index contributed by atoms with van der Waals surface area (Å²) in [5.41, 5.74) is 1.51. The maximum absolute atomic E-state index is 11.7. The van der Waals surface area contributed by atoms with Crippen molar-refractivity contribution < 1.29 is 14.3 Å². The number of aldehydes is 1. The number of benzene rings is 2. The Hall–Kier alpha value is -2.42. The predicted octanol–water partition coefficient (Wildman–Crippen LogP) is 2.69. The van der Waals surface area contributed by atoms with Gasteiger partial charge in [0.05, 0.1) is 0 Å². The van der Waals surface area contributed by atoms with Gasteiger partial charge in [-0.25, -0.2) is 0 Å². The van der Waals surface area contributed by atoms with Crippen molar-refractivity contribution in [1.82, 2.24) is 0 Å². The highest BCUT2D eigenvalue weighted by Crippen LogP contribution is 2.12. The molecule has 0 saturated carbocycles. The number of ketones is 1. The molecule has 0 aliphatic heterocycles. The zero-order valence-electron chi connectivity index (χ0n) is 10.4. The molecule has 0 amide bonds. The highest BCUT2D eigenvalue weighted by molar-refractivity contribution is 5.82. The van der Waals surface area contributed by atoms with Gasteiger partial charge < -0.3 is 4.74 Å². The molecule has 0 aliphatic carbocycles. The average Bonchev–Trinajstić information content (AvgIpc) is 2.46. The molecule has 3 nitrogen and oxygen atoms in total. The first-order valence-electron chi connectivity index (χ1n) is 6.01. The number of rotatable bonds is 6. The van der Waals surface area contributed by atoms with Crippen LogP contribution in [0, 0.1) is 0 Å². The van der Waals surface area contributed by atoms with E-state index in [9.17, 15) is 9.59 Å². The van der Waals surface area contributed by atoms with Crippen LogP contribution in [0.15, 0.2) is 54.6 Å². The van der Waals surface area contributed by atoms with Gasteiger partial charge in [-0.05, 0) is 17.7 Å². The summed E-state index contributed by atoms with van der Waals surface area (Å²) in [6.07, 6.45) is 1.10. The van der Waals surface area contributed by atoms with Gasteiger partial charge in [0.25, 0.3) is 0 Å². The number of ether oxygens (including phenoxy) is 1. The van der Waals surface area contributed by atoms with Crippen molar-refractivity contribution in [2.45, 2.75) is 6.42 Å². The van der Waals surface area contributed by atoms with Gasteiger partial charge in [-0.3, -0.25) is 9.59 Å². The molecule has 0 radical (unpaired) electrons. The molecule has 0 heterocycles. The summed E-state index contributed by atoms with van der Waals surface area (Å²) < 4.78 is 5.37. The van der Waals surface area contributed by atoms with Crippen LogP contribution in [-0.2, 0) is 11.2 Å². The molecule has 2 aromatic rings. The lowest BCUT2D eigenvalue weighted by atomic mass is 10.1. The highest BCUT2D eigenvalue weighted by Gasteiger charge is 2.05. The molecule has 0 saturated heterocycles. The number of carbonyl (C=O) groups excluding carboxylic acids is 2. The number of hydrogen-bond donors (Lipinski definition) is 0. The third kappa shape index (κ3) is 4.07. The molecule has 19 heavy (non-hydrogen) atoms. The number of hydrogen-bond acceptors (Lipinski definition) is 3. The number of Topliss-reactive ketones (excluding diaryl/α,β-unsaturated/α-hetero) is 1. The van der Waals surface area contributed by atoms with Crippen molar-refractivity contribution in [3.05, 3.63) is 65.7 Å². The lowest BCUT2D eigenvalue weighted by Crippen LogP contribution is -2.13. The van der Waals surface area contributed by atoms with Crippen molar-refractivity contribution in [1.29, 1.82) is 0 Å². The van der Waals surface area contributed by atoms with Gasteiger partial charge in [-0.2, -0.15) is 0 Å². The van der Waals surface area contributed by atoms with Crippen LogP contribution in [-0.4, -0.2) is 18.7 Å². The summed E-state index contributed by atoms with van der Waals surface area (Å²) in [6, 6.07) is 16.3. The first kappa shape index (κ1) is 13.0. The van der Waals surface area contributed by atoms with E-state index in [1.54, 1.807) is 24.3 Å². The minimum Gasteiger partial charge on any atom is -0.486 e. The van der Waals surface area contributed by atoms with E-state index in [-0.39, 0.29) is 12.4 Å². The van der Waals surface area contributed by atoms with Gasteiger partial charge in [-0.1, -0.05) is 42.5 Å². The largest absolute Gasteiger partial charge is 0.486 e. The lowest BCUT2D eigenvalue weighted by Gasteiger charge is -2.06. The summed E-state index contributed by atoms with van der Waals surface area (Å²) in [7, 11) is 0. The fraction of sp³-hybridized carbons (Fsp3) is 0.125. The summed E-state index contributed by atoms with van der Waals surface area (Å²) in [4.78, 5) is 22.4. The van der Waals surface area contributed by atoms with Crippen LogP contribution >= 0.6 is 0 Å². The van der Waals surface area contributed by atoms with Crippen LogP contribution in [0.1, 0.15) is 15.9 Å². The maximum Gasteiger partial charge on any atom is 0.174 e. The maximum atomic E-state index is 11.7. The van der Waals surface area contributed by atoms with Crippen LogP contribution in [0.3, 0.4) is 0 Å². The Morgan fingerprint density at radius 1 is 1.05 bits per heavy atom. The Balaban J connectivity index is 1.88. The van der Waals surface area contributed by atoms with Crippen molar-refractivity contribution in [3.8, 4) is 5.75 Å². The molecule has 2 aromatic carbocycles. The van der Waals surface area contributed by atoms with Crippen molar-refractivity contribution in [2.75, 3.05) is 6.61 Å². The van der Waals surface area contributed by atoms with Crippen molar-refractivity contribution >= 4 is 12.1 Å². The average molecular weight is 254 g/mol. The Bertz CT molecular complexity index is 561. The molecule has 3 heteroatoms. The van der Waals surface area contributed by atoms with E-state index in [4.69, 9.17) is 4.74 Å². The second kappa shape index (κ2) is 6.50. The summed E-state index contributed by atoms with van der Waals surface area (Å²) >= 11 is 0. The molecule has 0 bridgehead atoms. The molecule has 0 N–H and O–H groups in total. The first-order chi connectivity index (χ1) is 9.28. The van der Waals surface area contributed by atoms with Gasteiger partial charge in [0.15, 0.2) is 5.78 Å². The van der Waals surface area contributed by atoms with Crippen LogP contribution < -0.4 is 4.74 Å². The molecule has 2 rings (SSSR count). The molecule has 0 atom stereocenters. The smallest absolute Gasteiger partial charge is 0.174 e. The lowest BCUT2D eigenvalue weighted by molar-refractivity contribution is -0.120. The molecule has 96 valence electrons. The summed E-state index contributed by atoms with van der Waals surface area (Å²) in [6.45, 7) is 0.0111. The zero-order valence-corrected chi connectivity index (χ0v) is 10.4. The monoisotopic (exact) mass is 254 g/mol. The fourth-order valence-electron chi connectivity index (χ4n) is 1.72. The molecule has 0 spiro atoms. The van der Waals surface area contributed by atoms with Crippen molar-refractivity contribution in [2.24, 2.45) is 0 Å². The Morgan fingerprint density at radius 2 is 1.84 bits per heavy atom. The Labute approximate surface area is 111 Å². The molecule has 0 aliphatic rings. The SMILES string of the molecule is O=Cc1cccc(OCC(=O)Cc2ccccc2)c1. The van der Waals surface area contributed by atoms with Crippen LogP contribution in [0.4, 0.5) is 0 Å². The molecule has 0 aromatic heterocycles. The fourth-order valence-corrected chi connectivity index (χ4v) is 1.72. The Kier molecular flexibility index (Phi) is 4.45. The molecular weight excluding hydrogens is 240 g/mol. The minimum atomic E-state index is 0.00251. The quantitative estimate of drug-likeness (QED) is 0.744. The van der Waals surface area contributed by atoms with Gasteiger partial charge in [0.2, 0.25) is 0 Å². The minimum absolute atomic E-state index is 0.00251. The molecule has 0 unspecified atom stereocenters. The highest BCUT2D eigenvalue weighted by atomic mass is 16.5. The van der Waals surface area contributed by atoms with E-state index in [1.807, 2.05) is 30.3 Å². The second-order valence-corrected chi connectivity index (χ2v) is 4.18. The van der Waals surface area contributed by atoms with E-state index >= 15 is 0 Å². The second-order valence-electron chi connectivity index (χ2n) is 4.18. The van der Waals surface area contributed by atoms with Crippen LogP contribution in [0.25, 0.3) is 0 Å². The van der Waals surface area contributed by atoms with Gasteiger partial charge >= 0.3 is 0 Å². The van der Waals surface area contributed by atoms with E-state index in [1.165, 1.54) is 0 Å². The van der Waals surface area contributed by atoms with Gasteiger partial charge in [0.1, 0.15) is 18.6 Å². The predicted molar refractivity (Wildman–Crippen MR) is 72.5 cm³/mol. The Morgan fingerprint density at radius 3 is 2.58 bits per heavy atom. The third-order valence-electron chi connectivity index (χ3n) is 2.64. The van der Waals surface area contributed by atoms with E-state index < -0.39 is 0 Å². The van der Waals surface area contributed by atoms with Crippen molar-refractivity contribution in [3.63, 3.8) is 0 Å². The molecule has 0 fully saturated rings. The van der Waals surface area contributed by atoms with Crippen LogP contribution in [0.5, 0.6) is 5.75 Å². The van der Waals surface area contributed by atoms with E-state index in [2.05, 4.69) is 0 Å². The normalized spacial score (nSPS) is 9.89. The van der Waals surface area contributed by atoms with Gasteiger partial charge in [-0.15, -0.1) is 0 Å². The third-order valence-corrected chi connectivity index (χ3v) is 2.64. The molecular formula is C16H14O3. The zero-order chi connectivity index (χ0) is 13.5.